The normalized spacial score (nSPS) is 12.1. The number of nitrogens with one attached hydrogen (secondary N) is 1. The van der Waals surface area contributed by atoms with Crippen molar-refractivity contribution in [3.05, 3.63) is 66.8 Å². The van der Waals surface area contributed by atoms with Gasteiger partial charge in [-0.25, -0.2) is 9.98 Å². The zero-order valence-electron chi connectivity index (χ0n) is 13.9. The number of hydrogen-bond acceptors (Lipinski definition) is 5. The van der Waals surface area contributed by atoms with Crippen molar-refractivity contribution in [1.82, 2.24) is 19.9 Å². The van der Waals surface area contributed by atoms with Crippen molar-refractivity contribution in [2.45, 2.75) is 6.42 Å². The summed E-state index contributed by atoms with van der Waals surface area (Å²) in [4.78, 5) is 16.8. The quantitative estimate of drug-likeness (QED) is 0.509. The van der Waals surface area contributed by atoms with Gasteiger partial charge in [-0.05, 0) is 49.0 Å². The van der Waals surface area contributed by atoms with Gasteiger partial charge in [0.05, 0.1) is 17.7 Å². The molecule has 0 aliphatic heterocycles. The minimum atomic E-state index is 0.552. The van der Waals surface area contributed by atoms with Crippen LogP contribution in [0.4, 0.5) is 0 Å². The fourth-order valence-electron chi connectivity index (χ4n) is 2.45. The Balaban J connectivity index is 1.53. The van der Waals surface area contributed by atoms with Gasteiger partial charge in [0, 0.05) is 25.2 Å². The molecule has 6 nitrogen and oxygen atoms in total. The first-order valence-corrected chi connectivity index (χ1v) is 8.07. The van der Waals surface area contributed by atoms with E-state index in [1.165, 1.54) is 5.56 Å². The van der Waals surface area contributed by atoms with E-state index in [1.807, 2.05) is 59.4 Å². The molecule has 6 heteroatoms. The smallest absolute Gasteiger partial charge is 0.139 e. The molecule has 0 fully saturated rings. The Hall–Kier alpha value is -3.12. The Labute approximate surface area is 146 Å². The van der Waals surface area contributed by atoms with E-state index in [2.05, 4.69) is 32.0 Å². The van der Waals surface area contributed by atoms with Crippen molar-refractivity contribution in [2.24, 2.45) is 9.98 Å². The van der Waals surface area contributed by atoms with Gasteiger partial charge in [-0.3, -0.25) is 19.9 Å². The van der Waals surface area contributed by atoms with Crippen LogP contribution in [0, 0.1) is 0 Å². The van der Waals surface area contributed by atoms with Crippen molar-refractivity contribution >= 4 is 29.8 Å². The van der Waals surface area contributed by atoms with Crippen LogP contribution in [0.15, 0.2) is 71.2 Å². The summed E-state index contributed by atoms with van der Waals surface area (Å²) in [5.74, 6) is 0.689. The van der Waals surface area contributed by atoms with Crippen LogP contribution in [-0.4, -0.2) is 40.7 Å². The summed E-state index contributed by atoms with van der Waals surface area (Å²) in [6.45, 7) is 5.05. The lowest BCUT2D eigenvalue weighted by molar-refractivity contribution is 0.703. The van der Waals surface area contributed by atoms with Crippen molar-refractivity contribution in [1.29, 1.82) is 0 Å². The van der Waals surface area contributed by atoms with Crippen molar-refractivity contribution < 1.29 is 0 Å². The van der Waals surface area contributed by atoms with Crippen LogP contribution in [-0.2, 0) is 6.42 Å². The fourth-order valence-corrected chi connectivity index (χ4v) is 2.45. The molecular formula is C19H20N6. The molecule has 126 valence electrons. The highest BCUT2D eigenvalue weighted by molar-refractivity contribution is 5.84. The number of hydrogen-bond donors (Lipinski definition) is 1. The molecule has 25 heavy (non-hydrogen) atoms. The summed E-state index contributed by atoms with van der Waals surface area (Å²) in [6.07, 6.45) is 9.87. The number of imidazole rings is 1. The standard InChI is InChI=1S/C19H20N6/c1-20-19(25-15-24-17-4-2-3-5-18(17)25)9-13-23-14-22-12-8-16-6-10-21-11-7-16/h2-7,9-11,13,15,22H,1,8,12,14H2/b19-9+,23-13-. The van der Waals surface area contributed by atoms with Gasteiger partial charge in [0.25, 0.3) is 0 Å². The number of para-hydroxylation sites is 2. The number of fused-ring (bicyclic) bond motifs is 1. The lowest BCUT2D eigenvalue weighted by atomic mass is 10.2. The summed E-state index contributed by atoms with van der Waals surface area (Å²) in [5, 5.41) is 3.28. The second-order valence-electron chi connectivity index (χ2n) is 5.38. The number of aliphatic imine (C=N–C) groups is 2. The van der Waals surface area contributed by atoms with Crippen LogP contribution in [0.2, 0.25) is 0 Å². The van der Waals surface area contributed by atoms with E-state index in [-0.39, 0.29) is 0 Å². The molecule has 0 radical (unpaired) electrons. The van der Waals surface area contributed by atoms with Gasteiger partial charge < -0.3 is 0 Å². The van der Waals surface area contributed by atoms with E-state index in [9.17, 15) is 0 Å². The van der Waals surface area contributed by atoms with E-state index in [1.54, 1.807) is 12.5 Å². The maximum Gasteiger partial charge on any atom is 0.139 e. The molecule has 2 heterocycles. The van der Waals surface area contributed by atoms with Gasteiger partial charge in [0.15, 0.2) is 0 Å². The number of nitrogens with zero attached hydrogens (tertiary/aromatic N) is 5. The predicted molar refractivity (Wildman–Crippen MR) is 103 cm³/mol. The SMILES string of the molecule is C=N/C(=C\C=N/CNCCc1ccncc1)n1cnc2ccccc21. The van der Waals surface area contributed by atoms with Gasteiger partial charge in [-0.15, -0.1) is 0 Å². The van der Waals surface area contributed by atoms with E-state index in [4.69, 9.17) is 0 Å². The molecule has 2 aromatic heterocycles. The summed E-state index contributed by atoms with van der Waals surface area (Å²) in [7, 11) is 0. The second kappa shape index (κ2) is 8.65. The number of pyridine rings is 1. The van der Waals surface area contributed by atoms with Crippen LogP contribution in [0.5, 0.6) is 0 Å². The molecule has 0 bridgehead atoms. The molecule has 0 saturated heterocycles. The van der Waals surface area contributed by atoms with E-state index in [0.29, 0.717) is 12.5 Å². The topological polar surface area (TPSA) is 67.5 Å². The molecule has 0 amide bonds. The van der Waals surface area contributed by atoms with E-state index < -0.39 is 0 Å². The van der Waals surface area contributed by atoms with Gasteiger partial charge in [0.1, 0.15) is 12.1 Å². The largest absolute Gasteiger partial charge is 0.298 e. The van der Waals surface area contributed by atoms with Crippen LogP contribution in [0.1, 0.15) is 5.56 Å². The van der Waals surface area contributed by atoms with Gasteiger partial charge in [-0.2, -0.15) is 0 Å². The van der Waals surface area contributed by atoms with Crippen LogP contribution in [0.3, 0.4) is 0 Å². The molecule has 0 atom stereocenters. The molecule has 0 aliphatic carbocycles. The fraction of sp³-hybridized carbons (Fsp3) is 0.158. The Morgan fingerprint density at radius 3 is 2.88 bits per heavy atom. The Bertz CT molecular complexity index is 879. The highest BCUT2D eigenvalue weighted by Gasteiger charge is 2.03. The van der Waals surface area contributed by atoms with Crippen molar-refractivity contribution in [3.8, 4) is 0 Å². The van der Waals surface area contributed by atoms with Crippen LogP contribution >= 0.6 is 0 Å². The summed E-state index contributed by atoms with van der Waals surface area (Å²) in [6, 6.07) is 11.9. The average Bonchev–Trinajstić information content (AvgIpc) is 3.09. The third-order valence-corrected chi connectivity index (χ3v) is 3.73. The van der Waals surface area contributed by atoms with Crippen molar-refractivity contribution in [2.75, 3.05) is 13.2 Å². The minimum absolute atomic E-state index is 0.552. The Morgan fingerprint density at radius 1 is 1.20 bits per heavy atom. The second-order valence-corrected chi connectivity index (χ2v) is 5.38. The molecule has 1 N–H and O–H groups in total. The number of benzene rings is 1. The number of allylic oxidation sites excluding steroid dienone is 1. The maximum atomic E-state index is 4.36. The summed E-state index contributed by atoms with van der Waals surface area (Å²) >= 11 is 0. The minimum Gasteiger partial charge on any atom is -0.298 e. The van der Waals surface area contributed by atoms with Gasteiger partial charge in [0.2, 0.25) is 0 Å². The molecule has 0 aliphatic rings. The summed E-state index contributed by atoms with van der Waals surface area (Å²) in [5.41, 5.74) is 3.17. The number of aromatic nitrogens is 3. The molecule has 0 spiro atoms. The van der Waals surface area contributed by atoms with Crippen LogP contribution < -0.4 is 5.32 Å². The highest BCUT2D eigenvalue weighted by atomic mass is 15.1. The molecule has 3 rings (SSSR count). The first kappa shape index (κ1) is 16.7. The monoisotopic (exact) mass is 332 g/mol. The number of rotatable bonds is 8. The Kier molecular flexibility index (Phi) is 5.79. The van der Waals surface area contributed by atoms with E-state index in [0.717, 1.165) is 24.0 Å². The highest BCUT2D eigenvalue weighted by Crippen LogP contribution is 2.16. The first-order valence-electron chi connectivity index (χ1n) is 8.07. The Morgan fingerprint density at radius 2 is 2.04 bits per heavy atom. The first-order chi connectivity index (χ1) is 12.4. The molecule has 0 saturated carbocycles. The lowest BCUT2D eigenvalue weighted by Crippen LogP contribution is -2.17. The third kappa shape index (κ3) is 4.45. The third-order valence-electron chi connectivity index (χ3n) is 3.73. The lowest BCUT2D eigenvalue weighted by Gasteiger charge is -2.03. The summed E-state index contributed by atoms with van der Waals surface area (Å²) < 4.78 is 1.89. The van der Waals surface area contributed by atoms with E-state index >= 15 is 0 Å². The van der Waals surface area contributed by atoms with Gasteiger partial charge in [-0.1, -0.05) is 12.1 Å². The van der Waals surface area contributed by atoms with Crippen LogP contribution in [0.25, 0.3) is 16.9 Å². The maximum absolute atomic E-state index is 4.36. The predicted octanol–water partition coefficient (Wildman–Crippen LogP) is 2.79. The molecular weight excluding hydrogens is 312 g/mol. The average molecular weight is 332 g/mol. The molecule has 3 aromatic rings. The molecule has 1 aromatic carbocycles. The zero-order valence-corrected chi connectivity index (χ0v) is 13.9. The van der Waals surface area contributed by atoms with Crippen molar-refractivity contribution in [3.63, 3.8) is 0 Å². The zero-order chi connectivity index (χ0) is 17.3. The van der Waals surface area contributed by atoms with Gasteiger partial charge >= 0.3 is 0 Å². The molecule has 0 unspecified atom stereocenters.